The lowest BCUT2D eigenvalue weighted by Gasteiger charge is -2.32. The van der Waals surface area contributed by atoms with E-state index in [4.69, 9.17) is 5.26 Å². The molecule has 1 aromatic heterocycles. The third kappa shape index (κ3) is 1.32. The Bertz CT molecular complexity index is 396. The normalized spacial score (nSPS) is 19.2. The van der Waals surface area contributed by atoms with Crippen molar-refractivity contribution in [2.24, 2.45) is 0 Å². The van der Waals surface area contributed by atoms with Crippen molar-refractivity contribution in [2.45, 2.75) is 18.3 Å². The highest BCUT2D eigenvalue weighted by Crippen LogP contribution is 2.43. The maximum Gasteiger partial charge on any atom is 0.136 e. The van der Waals surface area contributed by atoms with Gasteiger partial charge in [0.15, 0.2) is 0 Å². The van der Waals surface area contributed by atoms with Gasteiger partial charge in [-0.2, -0.15) is 5.26 Å². The van der Waals surface area contributed by atoms with Crippen molar-refractivity contribution in [2.75, 3.05) is 0 Å². The lowest BCUT2D eigenvalue weighted by molar-refractivity contribution is -0.126. The topological polar surface area (TPSA) is 40.9 Å². The van der Waals surface area contributed by atoms with Gasteiger partial charge in [-0.25, -0.2) is 0 Å². The molecule has 0 aromatic carbocycles. The van der Waals surface area contributed by atoms with Gasteiger partial charge >= 0.3 is 0 Å². The average Bonchev–Trinajstić information content (AvgIpc) is 2.46. The van der Waals surface area contributed by atoms with Crippen LogP contribution in [-0.4, -0.2) is 5.78 Å². The van der Waals surface area contributed by atoms with E-state index in [1.54, 1.807) is 11.3 Å². The number of ketones is 1. The number of thiophene rings is 1. The standard InChI is InChI=1S/C9H6BrNOS/c10-8-1-6(4-13-8)9(5-11)2-7(12)3-9/h1,4H,2-3H2. The lowest BCUT2D eigenvalue weighted by Crippen LogP contribution is -2.39. The number of carbonyl (C=O) groups excluding carboxylic acids is 1. The van der Waals surface area contributed by atoms with E-state index in [1.165, 1.54) is 0 Å². The molecule has 4 heteroatoms. The Morgan fingerprint density at radius 1 is 1.62 bits per heavy atom. The third-order valence-electron chi connectivity index (χ3n) is 2.33. The molecule has 0 aliphatic heterocycles. The molecule has 0 radical (unpaired) electrons. The van der Waals surface area contributed by atoms with Crippen LogP contribution in [0.5, 0.6) is 0 Å². The number of hydrogen-bond acceptors (Lipinski definition) is 3. The average molecular weight is 256 g/mol. The minimum Gasteiger partial charge on any atom is -0.300 e. The molecule has 0 spiro atoms. The molecular weight excluding hydrogens is 250 g/mol. The monoisotopic (exact) mass is 255 g/mol. The van der Waals surface area contributed by atoms with Gasteiger partial charge in [0, 0.05) is 12.8 Å². The van der Waals surface area contributed by atoms with E-state index in [9.17, 15) is 4.79 Å². The summed E-state index contributed by atoms with van der Waals surface area (Å²) in [7, 11) is 0. The van der Waals surface area contributed by atoms with Crippen molar-refractivity contribution in [1.82, 2.24) is 0 Å². The van der Waals surface area contributed by atoms with Crippen molar-refractivity contribution in [3.8, 4) is 6.07 Å². The molecule has 1 aliphatic carbocycles. The molecule has 1 saturated carbocycles. The second kappa shape index (κ2) is 2.93. The first-order valence-corrected chi connectivity index (χ1v) is 5.51. The van der Waals surface area contributed by atoms with Crippen LogP contribution in [0.4, 0.5) is 0 Å². The van der Waals surface area contributed by atoms with Crippen LogP contribution in [0.2, 0.25) is 0 Å². The summed E-state index contributed by atoms with van der Waals surface area (Å²) in [5, 5.41) is 10.9. The largest absolute Gasteiger partial charge is 0.300 e. The fraction of sp³-hybridized carbons (Fsp3) is 0.333. The quantitative estimate of drug-likeness (QED) is 0.774. The van der Waals surface area contributed by atoms with Crippen LogP contribution in [0.1, 0.15) is 18.4 Å². The molecule has 2 nitrogen and oxygen atoms in total. The van der Waals surface area contributed by atoms with Gasteiger partial charge in [-0.1, -0.05) is 0 Å². The zero-order valence-electron chi connectivity index (χ0n) is 6.71. The zero-order chi connectivity index (χ0) is 9.47. The van der Waals surface area contributed by atoms with Crippen LogP contribution in [0, 0.1) is 11.3 Å². The fourth-order valence-corrected chi connectivity index (χ4v) is 2.79. The van der Waals surface area contributed by atoms with Crippen molar-refractivity contribution in [3.05, 3.63) is 20.8 Å². The Hall–Kier alpha value is -0.660. The van der Waals surface area contributed by atoms with Crippen molar-refractivity contribution in [3.63, 3.8) is 0 Å². The Kier molecular flexibility index (Phi) is 2.01. The van der Waals surface area contributed by atoms with Crippen LogP contribution in [0.3, 0.4) is 0 Å². The second-order valence-corrected chi connectivity index (χ2v) is 5.52. The van der Waals surface area contributed by atoms with Gasteiger partial charge in [0.05, 0.1) is 15.3 Å². The summed E-state index contributed by atoms with van der Waals surface area (Å²) in [4.78, 5) is 10.9. The molecular formula is C9H6BrNOS. The third-order valence-corrected chi connectivity index (χ3v) is 3.84. The molecule has 1 fully saturated rings. The minimum atomic E-state index is -0.514. The van der Waals surface area contributed by atoms with Crippen molar-refractivity contribution >= 4 is 33.0 Å². The molecule has 0 N–H and O–H groups in total. The van der Waals surface area contributed by atoms with Gasteiger partial charge in [-0.05, 0) is 32.9 Å². The van der Waals surface area contributed by atoms with E-state index in [0.717, 1.165) is 9.35 Å². The molecule has 0 unspecified atom stereocenters. The number of hydrogen-bond donors (Lipinski definition) is 0. The number of halogens is 1. The van der Waals surface area contributed by atoms with E-state index >= 15 is 0 Å². The molecule has 0 atom stereocenters. The summed E-state index contributed by atoms with van der Waals surface area (Å²) < 4.78 is 1.01. The van der Waals surface area contributed by atoms with E-state index in [0.29, 0.717) is 12.8 Å². The van der Waals surface area contributed by atoms with Crippen molar-refractivity contribution in [1.29, 1.82) is 5.26 Å². The Morgan fingerprint density at radius 3 is 2.69 bits per heavy atom. The number of nitriles is 1. The highest BCUT2D eigenvalue weighted by Gasteiger charge is 2.45. The molecule has 0 bridgehead atoms. The summed E-state index contributed by atoms with van der Waals surface area (Å²) in [5.74, 6) is 0.184. The lowest BCUT2D eigenvalue weighted by atomic mass is 9.65. The number of rotatable bonds is 1. The number of Topliss-reactive ketones (excluding diaryl/α,β-unsaturated/α-hetero) is 1. The molecule has 66 valence electrons. The highest BCUT2D eigenvalue weighted by molar-refractivity contribution is 9.11. The van der Waals surface area contributed by atoms with Crippen LogP contribution in [0.15, 0.2) is 15.2 Å². The summed E-state index contributed by atoms with van der Waals surface area (Å²) in [6.07, 6.45) is 0.763. The smallest absolute Gasteiger partial charge is 0.136 e. The SMILES string of the molecule is N#CC1(c2csc(Br)c2)CC(=O)C1. The summed E-state index contributed by atoms with van der Waals surface area (Å²) >= 11 is 4.90. The molecule has 1 aromatic rings. The van der Waals surface area contributed by atoms with E-state index < -0.39 is 5.41 Å². The van der Waals surface area contributed by atoms with Gasteiger partial charge in [0.25, 0.3) is 0 Å². The van der Waals surface area contributed by atoms with Crippen LogP contribution >= 0.6 is 27.3 Å². The van der Waals surface area contributed by atoms with E-state index in [-0.39, 0.29) is 5.78 Å². The Balaban J connectivity index is 2.35. The van der Waals surface area contributed by atoms with Crippen molar-refractivity contribution < 1.29 is 4.79 Å². The maximum absolute atomic E-state index is 10.9. The first-order chi connectivity index (χ1) is 6.16. The van der Waals surface area contributed by atoms with Gasteiger partial charge in [-0.3, -0.25) is 4.79 Å². The molecule has 1 heterocycles. The predicted molar refractivity (Wildman–Crippen MR) is 53.6 cm³/mol. The van der Waals surface area contributed by atoms with Crippen LogP contribution in [0.25, 0.3) is 0 Å². The van der Waals surface area contributed by atoms with Gasteiger partial charge in [-0.15, -0.1) is 11.3 Å². The van der Waals surface area contributed by atoms with Crippen LogP contribution < -0.4 is 0 Å². The summed E-state index contributed by atoms with van der Waals surface area (Å²) in [6.45, 7) is 0. The molecule has 13 heavy (non-hydrogen) atoms. The minimum absolute atomic E-state index is 0.184. The molecule has 0 amide bonds. The van der Waals surface area contributed by atoms with Gasteiger partial charge in [0.2, 0.25) is 0 Å². The Labute approximate surface area is 88.3 Å². The number of nitrogens with zero attached hydrogens (tertiary/aromatic N) is 1. The summed E-state index contributed by atoms with van der Waals surface area (Å²) in [6, 6.07) is 4.17. The Morgan fingerprint density at radius 2 is 2.31 bits per heavy atom. The van der Waals surface area contributed by atoms with Gasteiger partial charge in [0.1, 0.15) is 5.78 Å². The maximum atomic E-state index is 10.9. The second-order valence-electron chi connectivity index (χ2n) is 3.23. The molecule has 2 rings (SSSR count). The first kappa shape index (κ1) is 8.92. The first-order valence-electron chi connectivity index (χ1n) is 3.84. The van der Waals surface area contributed by atoms with E-state index in [2.05, 4.69) is 22.0 Å². The van der Waals surface area contributed by atoms with E-state index in [1.807, 2.05) is 11.4 Å². The highest BCUT2D eigenvalue weighted by atomic mass is 79.9. The van der Waals surface area contributed by atoms with Crippen LogP contribution in [-0.2, 0) is 10.2 Å². The number of carbonyl (C=O) groups is 1. The van der Waals surface area contributed by atoms with Gasteiger partial charge < -0.3 is 0 Å². The molecule has 0 saturated heterocycles. The predicted octanol–water partition coefficient (Wildman–Crippen LogP) is 2.63. The molecule has 1 aliphatic rings. The zero-order valence-corrected chi connectivity index (χ0v) is 9.11. The summed E-state index contributed by atoms with van der Waals surface area (Å²) in [5.41, 5.74) is 0.464. The fourth-order valence-electron chi connectivity index (χ4n) is 1.53.